The lowest BCUT2D eigenvalue weighted by molar-refractivity contribution is -0.143. The Bertz CT molecular complexity index is 1030. The first-order valence-corrected chi connectivity index (χ1v) is 11.0. The summed E-state index contributed by atoms with van der Waals surface area (Å²) >= 11 is 0. The second kappa shape index (κ2) is 10.3. The Labute approximate surface area is 189 Å². The third kappa shape index (κ3) is 5.11. The van der Waals surface area contributed by atoms with E-state index in [0.717, 1.165) is 41.3 Å². The summed E-state index contributed by atoms with van der Waals surface area (Å²) in [6, 6.07) is 26.3. The van der Waals surface area contributed by atoms with Crippen molar-refractivity contribution in [3.05, 3.63) is 95.6 Å². The monoisotopic (exact) mass is 431 g/mol. The van der Waals surface area contributed by atoms with Crippen molar-refractivity contribution in [2.75, 3.05) is 20.2 Å². The summed E-state index contributed by atoms with van der Waals surface area (Å²) in [6.45, 7) is 1.94. The normalized spacial score (nSPS) is 15.8. The quantitative estimate of drug-likeness (QED) is 0.534. The van der Waals surface area contributed by atoms with Crippen LogP contribution in [0.15, 0.2) is 78.9 Å². The number of para-hydroxylation sites is 1. The van der Waals surface area contributed by atoms with E-state index in [1.165, 1.54) is 0 Å². The molecule has 1 N–H and O–H groups in total. The summed E-state index contributed by atoms with van der Waals surface area (Å²) < 4.78 is 11.8. The van der Waals surface area contributed by atoms with Crippen molar-refractivity contribution in [1.29, 1.82) is 0 Å². The van der Waals surface area contributed by atoms with Gasteiger partial charge >= 0.3 is 5.97 Å². The van der Waals surface area contributed by atoms with Gasteiger partial charge in [-0.05, 0) is 55.3 Å². The van der Waals surface area contributed by atoms with Crippen LogP contribution in [0.3, 0.4) is 0 Å². The van der Waals surface area contributed by atoms with Gasteiger partial charge in [-0.25, -0.2) is 0 Å². The first-order chi connectivity index (χ1) is 15.7. The van der Waals surface area contributed by atoms with Crippen LogP contribution in [0.25, 0.3) is 0 Å². The fourth-order valence-corrected chi connectivity index (χ4v) is 4.40. The number of carbonyl (C=O) groups is 1. The summed E-state index contributed by atoms with van der Waals surface area (Å²) in [5.41, 5.74) is 3.30. The van der Waals surface area contributed by atoms with Gasteiger partial charge in [-0.1, -0.05) is 60.7 Å². The topological polar surface area (TPSA) is 59.0 Å². The van der Waals surface area contributed by atoms with Gasteiger partial charge in [0, 0.05) is 5.56 Å². The Morgan fingerprint density at radius 2 is 1.72 bits per heavy atom. The van der Waals surface area contributed by atoms with Crippen LogP contribution in [0.1, 0.15) is 35.6 Å². The molecule has 3 aromatic carbocycles. The minimum atomic E-state index is -0.699. The minimum absolute atomic E-state index is 0.0406. The predicted molar refractivity (Wildman–Crippen MR) is 124 cm³/mol. The summed E-state index contributed by atoms with van der Waals surface area (Å²) in [6.07, 6.45) is 1.29. The number of carboxylic acid groups (broad SMARTS) is 1. The lowest BCUT2D eigenvalue weighted by Crippen LogP contribution is -2.39. The van der Waals surface area contributed by atoms with E-state index >= 15 is 0 Å². The van der Waals surface area contributed by atoms with Gasteiger partial charge < -0.3 is 14.6 Å². The SMILES string of the molecule is COc1ccccc1C(c1cccc(OCc2ccccc2)c1)N1CCC(C(=O)O)CC1. The fourth-order valence-electron chi connectivity index (χ4n) is 4.40. The molecule has 5 nitrogen and oxygen atoms in total. The maximum absolute atomic E-state index is 11.4. The van der Waals surface area contributed by atoms with E-state index in [9.17, 15) is 9.90 Å². The molecule has 1 aliphatic rings. The van der Waals surface area contributed by atoms with Crippen LogP contribution in [0.5, 0.6) is 11.5 Å². The molecule has 0 bridgehead atoms. The molecule has 0 saturated carbocycles. The molecule has 1 atom stereocenters. The summed E-state index contributed by atoms with van der Waals surface area (Å²) in [4.78, 5) is 13.8. The van der Waals surface area contributed by atoms with Crippen molar-refractivity contribution in [2.24, 2.45) is 5.92 Å². The molecule has 1 heterocycles. The van der Waals surface area contributed by atoms with E-state index in [4.69, 9.17) is 9.47 Å². The molecule has 0 amide bonds. The molecular weight excluding hydrogens is 402 g/mol. The molecule has 3 aromatic rings. The fraction of sp³-hybridized carbons (Fsp3) is 0.296. The molecular formula is C27H29NO4. The average molecular weight is 432 g/mol. The number of rotatable bonds is 8. The molecule has 1 aliphatic heterocycles. The Balaban J connectivity index is 1.62. The molecule has 1 fully saturated rings. The third-order valence-electron chi connectivity index (χ3n) is 6.10. The summed E-state index contributed by atoms with van der Waals surface area (Å²) in [5, 5.41) is 9.41. The van der Waals surface area contributed by atoms with Crippen molar-refractivity contribution in [3.63, 3.8) is 0 Å². The average Bonchev–Trinajstić information content (AvgIpc) is 2.84. The highest BCUT2D eigenvalue weighted by molar-refractivity contribution is 5.70. The van der Waals surface area contributed by atoms with Crippen molar-refractivity contribution in [1.82, 2.24) is 4.90 Å². The third-order valence-corrected chi connectivity index (χ3v) is 6.10. The number of methoxy groups -OCH3 is 1. The van der Waals surface area contributed by atoms with Crippen LogP contribution in [-0.2, 0) is 11.4 Å². The van der Waals surface area contributed by atoms with Gasteiger partial charge in [0.05, 0.1) is 19.1 Å². The summed E-state index contributed by atoms with van der Waals surface area (Å²) in [7, 11) is 1.69. The highest BCUT2D eigenvalue weighted by Crippen LogP contribution is 2.38. The second-order valence-electron chi connectivity index (χ2n) is 8.14. The Morgan fingerprint density at radius 3 is 2.44 bits per heavy atom. The Morgan fingerprint density at radius 1 is 1.00 bits per heavy atom. The smallest absolute Gasteiger partial charge is 0.306 e. The largest absolute Gasteiger partial charge is 0.496 e. The maximum Gasteiger partial charge on any atom is 0.306 e. The van der Waals surface area contributed by atoms with Crippen molar-refractivity contribution in [3.8, 4) is 11.5 Å². The van der Waals surface area contributed by atoms with E-state index in [1.54, 1.807) is 7.11 Å². The van der Waals surface area contributed by atoms with Gasteiger partial charge in [0.25, 0.3) is 0 Å². The molecule has 1 unspecified atom stereocenters. The Kier molecular flexibility index (Phi) is 7.07. The van der Waals surface area contributed by atoms with E-state index in [-0.39, 0.29) is 12.0 Å². The highest BCUT2D eigenvalue weighted by atomic mass is 16.5. The number of ether oxygens (including phenoxy) is 2. The van der Waals surface area contributed by atoms with E-state index < -0.39 is 5.97 Å². The van der Waals surface area contributed by atoms with Crippen molar-refractivity contribution in [2.45, 2.75) is 25.5 Å². The van der Waals surface area contributed by atoms with Crippen LogP contribution in [0.4, 0.5) is 0 Å². The van der Waals surface area contributed by atoms with Crippen LogP contribution < -0.4 is 9.47 Å². The minimum Gasteiger partial charge on any atom is -0.496 e. The molecule has 5 heteroatoms. The summed E-state index contributed by atoms with van der Waals surface area (Å²) in [5.74, 6) is 0.667. The van der Waals surface area contributed by atoms with Crippen LogP contribution in [0.2, 0.25) is 0 Å². The molecule has 0 aromatic heterocycles. The number of benzene rings is 3. The van der Waals surface area contributed by atoms with Gasteiger partial charge in [0.15, 0.2) is 0 Å². The van der Waals surface area contributed by atoms with Gasteiger partial charge in [0.2, 0.25) is 0 Å². The zero-order chi connectivity index (χ0) is 22.3. The lowest BCUT2D eigenvalue weighted by atomic mass is 9.91. The van der Waals surface area contributed by atoms with Gasteiger partial charge in [-0.3, -0.25) is 9.69 Å². The molecule has 0 radical (unpaired) electrons. The molecule has 32 heavy (non-hydrogen) atoms. The Hall–Kier alpha value is -3.31. The zero-order valence-electron chi connectivity index (χ0n) is 18.3. The van der Waals surface area contributed by atoms with Gasteiger partial charge in [-0.2, -0.15) is 0 Å². The molecule has 4 rings (SSSR count). The number of hydrogen-bond acceptors (Lipinski definition) is 4. The van der Waals surface area contributed by atoms with Gasteiger partial charge in [0.1, 0.15) is 18.1 Å². The number of piperidine rings is 1. The first kappa shape index (κ1) is 21.9. The number of hydrogen-bond donors (Lipinski definition) is 1. The number of aliphatic carboxylic acids is 1. The molecule has 0 aliphatic carbocycles. The van der Waals surface area contributed by atoms with Crippen LogP contribution >= 0.6 is 0 Å². The van der Waals surface area contributed by atoms with E-state index in [2.05, 4.69) is 23.1 Å². The van der Waals surface area contributed by atoms with E-state index in [1.807, 2.05) is 60.7 Å². The number of likely N-dealkylation sites (tertiary alicyclic amines) is 1. The number of nitrogens with zero attached hydrogens (tertiary/aromatic N) is 1. The molecule has 0 spiro atoms. The second-order valence-corrected chi connectivity index (χ2v) is 8.14. The number of carboxylic acids is 1. The first-order valence-electron chi connectivity index (χ1n) is 11.0. The lowest BCUT2D eigenvalue weighted by Gasteiger charge is -2.37. The van der Waals surface area contributed by atoms with Gasteiger partial charge in [-0.15, -0.1) is 0 Å². The van der Waals surface area contributed by atoms with Crippen LogP contribution in [0, 0.1) is 5.92 Å². The molecule has 1 saturated heterocycles. The highest BCUT2D eigenvalue weighted by Gasteiger charge is 2.31. The van der Waals surface area contributed by atoms with Crippen LogP contribution in [-0.4, -0.2) is 36.2 Å². The zero-order valence-corrected chi connectivity index (χ0v) is 18.3. The van der Waals surface area contributed by atoms with E-state index in [0.29, 0.717) is 19.4 Å². The standard InChI is InChI=1S/C27H29NO4/c1-31-25-13-6-5-12-24(25)26(28-16-14-21(15-17-28)27(29)30)22-10-7-11-23(18-22)32-19-20-8-3-2-4-9-20/h2-13,18,21,26H,14-17,19H2,1H3,(H,29,30). The van der Waals surface area contributed by atoms with Crippen molar-refractivity contribution < 1.29 is 19.4 Å². The molecule has 166 valence electrons. The van der Waals surface area contributed by atoms with Crippen molar-refractivity contribution >= 4 is 5.97 Å². The predicted octanol–water partition coefficient (Wildman–Crippen LogP) is 5.16. The maximum atomic E-state index is 11.4.